The summed E-state index contributed by atoms with van der Waals surface area (Å²) in [6.07, 6.45) is -1.69. The Morgan fingerprint density at radius 2 is 2.16 bits per heavy atom. The lowest BCUT2D eigenvalue weighted by Crippen LogP contribution is -2.10. The molecule has 2 aromatic heterocycles. The van der Waals surface area contributed by atoms with Crippen molar-refractivity contribution in [1.82, 2.24) is 19.7 Å². The molecule has 5 nitrogen and oxygen atoms in total. The third kappa shape index (κ3) is 3.21. The van der Waals surface area contributed by atoms with Gasteiger partial charge in [-0.05, 0) is 19.1 Å². The van der Waals surface area contributed by atoms with E-state index < -0.39 is 11.7 Å². The van der Waals surface area contributed by atoms with Crippen molar-refractivity contribution in [1.29, 1.82) is 0 Å². The third-order valence-electron chi connectivity index (χ3n) is 2.55. The average molecular weight is 271 g/mol. The van der Waals surface area contributed by atoms with E-state index in [4.69, 9.17) is 0 Å². The van der Waals surface area contributed by atoms with Crippen LogP contribution in [0, 0.1) is 0 Å². The minimum Gasteiger partial charge on any atom is -0.363 e. The van der Waals surface area contributed by atoms with Crippen LogP contribution in [0.2, 0.25) is 0 Å². The van der Waals surface area contributed by atoms with E-state index in [0.717, 1.165) is 18.3 Å². The van der Waals surface area contributed by atoms with E-state index in [1.807, 2.05) is 6.92 Å². The van der Waals surface area contributed by atoms with Gasteiger partial charge in [0.1, 0.15) is 12.1 Å². The molecule has 0 aliphatic heterocycles. The van der Waals surface area contributed by atoms with Gasteiger partial charge in [0.25, 0.3) is 0 Å². The van der Waals surface area contributed by atoms with Gasteiger partial charge in [-0.1, -0.05) is 0 Å². The maximum atomic E-state index is 12.5. The van der Waals surface area contributed by atoms with Gasteiger partial charge in [-0.3, -0.25) is 0 Å². The van der Waals surface area contributed by atoms with E-state index >= 15 is 0 Å². The third-order valence-corrected chi connectivity index (χ3v) is 2.55. The van der Waals surface area contributed by atoms with Crippen molar-refractivity contribution in [2.45, 2.75) is 26.2 Å². The Labute approximate surface area is 107 Å². The SMILES string of the molecule is CCn1cnnc1CNc1cc(C(F)(F)F)ccn1. The van der Waals surface area contributed by atoms with Crippen LogP contribution < -0.4 is 5.32 Å². The number of rotatable bonds is 4. The molecular weight excluding hydrogens is 259 g/mol. The van der Waals surface area contributed by atoms with Crippen molar-refractivity contribution in [3.8, 4) is 0 Å². The van der Waals surface area contributed by atoms with Gasteiger partial charge in [-0.25, -0.2) is 4.98 Å². The van der Waals surface area contributed by atoms with Crippen LogP contribution in [0.5, 0.6) is 0 Å². The second-order valence-electron chi connectivity index (χ2n) is 3.81. The summed E-state index contributed by atoms with van der Waals surface area (Å²) in [5, 5.41) is 10.4. The highest BCUT2D eigenvalue weighted by atomic mass is 19.4. The Balaban J connectivity index is 2.08. The molecule has 1 N–H and O–H groups in total. The van der Waals surface area contributed by atoms with Crippen molar-refractivity contribution < 1.29 is 13.2 Å². The summed E-state index contributed by atoms with van der Waals surface area (Å²) in [4.78, 5) is 3.84. The number of nitrogens with zero attached hydrogens (tertiary/aromatic N) is 4. The molecule has 0 aliphatic carbocycles. The molecule has 0 saturated heterocycles. The summed E-state index contributed by atoms with van der Waals surface area (Å²) in [5.74, 6) is 0.794. The summed E-state index contributed by atoms with van der Waals surface area (Å²) >= 11 is 0. The summed E-state index contributed by atoms with van der Waals surface area (Å²) < 4.78 is 39.3. The number of alkyl halides is 3. The molecule has 0 spiro atoms. The van der Waals surface area contributed by atoms with Crippen molar-refractivity contribution in [2.24, 2.45) is 0 Å². The van der Waals surface area contributed by atoms with Gasteiger partial charge < -0.3 is 9.88 Å². The molecule has 0 saturated carbocycles. The molecule has 0 fully saturated rings. The van der Waals surface area contributed by atoms with Crippen LogP contribution in [0.4, 0.5) is 19.0 Å². The van der Waals surface area contributed by atoms with Gasteiger partial charge in [0, 0.05) is 12.7 Å². The lowest BCUT2D eigenvalue weighted by molar-refractivity contribution is -0.137. The zero-order chi connectivity index (χ0) is 13.9. The molecule has 19 heavy (non-hydrogen) atoms. The fourth-order valence-corrected chi connectivity index (χ4v) is 1.55. The maximum absolute atomic E-state index is 12.5. The van der Waals surface area contributed by atoms with Crippen LogP contribution in [-0.2, 0) is 19.3 Å². The lowest BCUT2D eigenvalue weighted by Gasteiger charge is -2.09. The van der Waals surface area contributed by atoms with E-state index in [9.17, 15) is 13.2 Å². The van der Waals surface area contributed by atoms with Crippen molar-refractivity contribution in [2.75, 3.05) is 5.32 Å². The quantitative estimate of drug-likeness (QED) is 0.927. The number of anilines is 1. The Morgan fingerprint density at radius 3 is 2.84 bits per heavy atom. The topological polar surface area (TPSA) is 55.6 Å². The largest absolute Gasteiger partial charge is 0.416 e. The Bertz CT molecular complexity index is 549. The standard InChI is InChI=1S/C11H12F3N5/c1-2-19-7-17-18-10(19)6-16-9-5-8(3-4-15-9)11(12,13)14/h3-5,7H,2,6H2,1H3,(H,15,16). The summed E-state index contributed by atoms with van der Waals surface area (Å²) in [6.45, 7) is 2.89. The second-order valence-corrected chi connectivity index (χ2v) is 3.81. The Hall–Kier alpha value is -2.12. The molecule has 2 rings (SSSR count). The average Bonchev–Trinajstić information content (AvgIpc) is 2.83. The number of aromatic nitrogens is 4. The Morgan fingerprint density at radius 1 is 1.37 bits per heavy atom. The molecule has 0 unspecified atom stereocenters. The molecule has 0 radical (unpaired) electrons. The molecular formula is C11H12F3N5. The number of pyridine rings is 1. The molecule has 0 atom stereocenters. The van der Waals surface area contributed by atoms with Gasteiger partial charge in [0.05, 0.1) is 12.1 Å². The first-order valence-corrected chi connectivity index (χ1v) is 5.64. The minimum absolute atomic E-state index is 0.153. The molecule has 0 amide bonds. The van der Waals surface area contributed by atoms with Gasteiger partial charge >= 0.3 is 6.18 Å². The molecule has 2 aromatic rings. The number of halogens is 3. The monoisotopic (exact) mass is 271 g/mol. The van der Waals surface area contributed by atoms with Crippen LogP contribution in [0.25, 0.3) is 0 Å². The minimum atomic E-state index is -4.37. The van der Waals surface area contributed by atoms with Crippen LogP contribution in [0.3, 0.4) is 0 Å². The van der Waals surface area contributed by atoms with Crippen molar-refractivity contribution in [3.05, 3.63) is 36.0 Å². The van der Waals surface area contributed by atoms with Crippen LogP contribution >= 0.6 is 0 Å². The first kappa shape index (κ1) is 13.3. The predicted molar refractivity (Wildman–Crippen MR) is 62.3 cm³/mol. The summed E-state index contributed by atoms with van der Waals surface area (Å²) in [7, 11) is 0. The number of nitrogens with one attached hydrogen (secondary N) is 1. The van der Waals surface area contributed by atoms with Crippen LogP contribution in [0.1, 0.15) is 18.3 Å². The van der Waals surface area contributed by atoms with Gasteiger partial charge in [-0.2, -0.15) is 13.2 Å². The first-order chi connectivity index (χ1) is 9.00. The van der Waals surface area contributed by atoms with Gasteiger partial charge in [0.2, 0.25) is 0 Å². The highest BCUT2D eigenvalue weighted by Crippen LogP contribution is 2.29. The fraction of sp³-hybridized carbons (Fsp3) is 0.364. The van der Waals surface area contributed by atoms with E-state index in [1.165, 1.54) is 0 Å². The van der Waals surface area contributed by atoms with Gasteiger partial charge in [0.15, 0.2) is 5.82 Å². The molecule has 0 aromatic carbocycles. The molecule has 102 valence electrons. The van der Waals surface area contributed by atoms with Crippen molar-refractivity contribution >= 4 is 5.82 Å². The zero-order valence-corrected chi connectivity index (χ0v) is 10.1. The van der Waals surface area contributed by atoms with E-state index in [-0.39, 0.29) is 12.4 Å². The second kappa shape index (κ2) is 5.25. The highest BCUT2D eigenvalue weighted by Gasteiger charge is 2.30. The molecule has 0 bridgehead atoms. The summed E-state index contributed by atoms with van der Waals surface area (Å²) in [5.41, 5.74) is -0.734. The number of hydrogen-bond donors (Lipinski definition) is 1. The van der Waals surface area contributed by atoms with Crippen molar-refractivity contribution in [3.63, 3.8) is 0 Å². The molecule has 0 aliphatic rings. The normalized spacial score (nSPS) is 11.6. The number of hydrogen-bond acceptors (Lipinski definition) is 4. The van der Waals surface area contributed by atoms with E-state index in [1.54, 1.807) is 10.9 Å². The van der Waals surface area contributed by atoms with E-state index in [0.29, 0.717) is 12.4 Å². The van der Waals surface area contributed by atoms with Crippen LogP contribution in [0.15, 0.2) is 24.7 Å². The predicted octanol–water partition coefficient (Wildman–Crippen LogP) is 2.32. The molecule has 8 heteroatoms. The zero-order valence-electron chi connectivity index (χ0n) is 10.1. The summed E-state index contributed by atoms with van der Waals surface area (Å²) in [6, 6.07) is 1.90. The Kier molecular flexibility index (Phi) is 3.68. The van der Waals surface area contributed by atoms with Gasteiger partial charge in [-0.15, -0.1) is 10.2 Å². The van der Waals surface area contributed by atoms with Crippen LogP contribution in [-0.4, -0.2) is 19.7 Å². The highest BCUT2D eigenvalue weighted by molar-refractivity contribution is 5.38. The maximum Gasteiger partial charge on any atom is 0.416 e. The van der Waals surface area contributed by atoms with E-state index in [2.05, 4.69) is 20.5 Å². The fourth-order valence-electron chi connectivity index (χ4n) is 1.55. The lowest BCUT2D eigenvalue weighted by atomic mass is 10.2. The number of aryl methyl sites for hydroxylation is 1. The smallest absolute Gasteiger partial charge is 0.363 e. The molecule has 2 heterocycles. The first-order valence-electron chi connectivity index (χ1n) is 5.64.